The van der Waals surface area contributed by atoms with Crippen molar-refractivity contribution < 1.29 is 14.4 Å². The van der Waals surface area contributed by atoms with E-state index in [2.05, 4.69) is 15.5 Å². The Kier molecular flexibility index (Phi) is 5.20. The number of aromatic nitrogens is 2. The largest absolute Gasteiger partial charge is 0.506 e. The summed E-state index contributed by atoms with van der Waals surface area (Å²) in [5.41, 5.74) is 0.382. The molecule has 1 saturated carbocycles. The Morgan fingerprint density at radius 1 is 1.40 bits per heavy atom. The fourth-order valence-corrected chi connectivity index (χ4v) is 3.03. The average Bonchev–Trinajstić information content (AvgIpc) is 3.30. The van der Waals surface area contributed by atoms with Crippen molar-refractivity contribution in [3.05, 3.63) is 39.5 Å². The van der Waals surface area contributed by atoms with Gasteiger partial charge in [0, 0.05) is 16.5 Å². The third-order valence-corrected chi connectivity index (χ3v) is 4.93. The molecule has 0 radical (unpaired) electrons. The van der Waals surface area contributed by atoms with Gasteiger partial charge in [-0.1, -0.05) is 42.2 Å². The smallest absolute Gasteiger partial charge is 0.249 e. The number of halogens is 2. The van der Waals surface area contributed by atoms with E-state index < -0.39 is 6.04 Å². The van der Waals surface area contributed by atoms with Crippen molar-refractivity contribution >= 4 is 29.1 Å². The predicted molar refractivity (Wildman–Crippen MR) is 93.8 cm³/mol. The maximum Gasteiger partial charge on any atom is 0.249 e. The fraction of sp³-hybridized carbons (Fsp3) is 0.471. The molecule has 0 aliphatic heterocycles. The van der Waals surface area contributed by atoms with Crippen LogP contribution in [-0.4, -0.2) is 21.2 Å². The molecule has 3 rings (SSSR count). The Morgan fingerprint density at radius 2 is 2.12 bits per heavy atom. The minimum absolute atomic E-state index is 0.0566. The molecule has 2 aromatic rings. The predicted octanol–water partition coefficient (Wildman–Crippen LogP) is 4.02. The molecular weight excluding hydrogens is 365 g/mol. The van der Waals surface area contributed by atoms with Crippen molar-refractivity contribution in [3.63, 3.8) is 0 Å². The van der Waals surface area contributed by atoms with Crippen molar-refractivity contribution in [2.75, 3.05) is 0 Å². The molecule has 8 heteroatoms. The summed E-state index contributed by atoms with van der Waals surface area (Å²) in [5.74, 6) is 1.14. The van der Waals surface area contributed by atoms with E-state index in [1.54, 1.807) is 0 Å². The lowest BCUT2D eigenvalue weighted by Crippen LogP contribution is -2.33. The molecule has 6 nitrogen and oxygen atoms in total. The van der Waals surface area contributed by atoms with E-state index in [1.165, 1.54) is 12.1 Å². The van der Waals surface area contributed by atoms with Gasteiger partial charge >= 0.3 is 0 Å². The second-order valence-corrected chi connectivity index (χ2v) is 7.38. The SMILES string of the molecule is CC(C)C(NC(=O)Cc1c(Cl)ccc(O)c1Cl)c1nc(C2CC2)no1. The van der Waals surface area contributed by atoms with Gasteiger partial charge in [-0.2, -0.15) is 4.98 Å². The van der Waals surface area contributed by atoms with E-state index >= 15 is 0 Å². The first kappa shape index (κ1) is 18.0. The zero-order valence-electron chi connectivity index (χ0n) is 13.9. The lowest BCUT2D eigenvalue weighted by Gasteiger charge is -2.19. The van der Waals surface area contributed by atoms with E-state index in [9.17, 15) is 9.90 Å². The first-order valence-corrected chi connectivity index (χ1v) is 8.91. The molecule has 1 heterocycles. The van der Waals surface area contributed by atoms with Gasteiger partial charge in [-0.3, -0.25) is 4.79 Å². The molecule has 1 unspecified atom stereocenters. The average molecular weight is 384 g/mol. The second kappa shape index (κ2) is 7.22. The van der Waals surface area contributed by atoms with Crippen LogP contribution in [0.2, 0.25) is 10.0 Å². The number of aromatic hydroxyl groups is 1. The highest BCUT2D eigenvalue weighted by atomic mass is 35.5. The number of nitrogens with zero attached hydrogens (tertiary/aromatic N) is 2. The number of hydrogen-bond donors (Lipinski definition) is 2. The van der Waals surface area contributed by atoms with Crippen molar-refractivity contribution in [1.82, 2.24) is 15.5 Å². The Hall–Kier alpha value is -1.79. The summed E-state index contributed by atoms with van der Waals surface area (Å²) in [6.07, 6.45) is 2.09. The number of carbonyl (C=O) groups is 1. The van der Waals surface area contributed by atoms with Gasteiger partial charge in [0.05, 0.1) is 11.4 Å². The van der Waals surface area contributed by atoms with Crippen LogP contribution in [0.4, 0.5) is 0 Å². The van der Waals surface area contributed by atoms with Gasteiger partial charge in [0.25, 0.3) is 0 Å². The summed E-state index contributed by atoms with van der Waals surface area (Å²) in [6, 6.07) is 2.49. The summed E-state index contributed by atoms with van der Waals surface area (Å²) in [6.45, 7) is 3.92. The van der Waals surface area contributed by atoms with Crippen LogP contribution in [0.3, 0.4) is 0 Å². The standard InChI is InChI=1S/C17H19Cl2N3O3/c1-8(2)15(17-21-16(22-25-17)9-3-4-9)20-13(24)7-10-11(18)5-6-12(23)14(10)19/h5-6,8-9,15,23H,3-4,7H2,1-2H3,(H,20,24). The highest BCUT2D eigenvalue weighted by molar-refractivity contribution is 6.37. The zero-order chi connectivity index (χ0) is 18.1. The number of phenolic OH excluding ortho intramolecular Hbond substituents is 1. The third-order valence-electron chi connectivity index (χ3n) is 4.15. The van der Waals surface area contributed by atoms with Gasteiger partial charge in [0.15, 0.2) is 5.82 Å². The topological polar surface area (TPSA) is 88.2 Å². The van der Waals surface area contributed by atoms with Crippen LogP contribution in [0, 0.1) is 5.92 Å². The molecule has 1 fully saturated rings. The van der Waals surface area contributed by atoms with E-state index in [0.29, 0.717) is 28.2 Å². The molecule has 134 valence electrons. The van der Waals surface area contributed by atoms with Crippen molar-refractivity contribution in [1.29, 1.82) is 0 Å². The second-order valence-electron chi connectivity index (χ2n) is 6.59. The summed E-state index contributed by atoms with van der Waals surface area (Å²) >= 11 is 12.1. The number of hydrogen-bond acceptors (Lipinski definition) is 5. The molecule has 0 saturated heterocycles. The summed E-state index contributed by atoms with van der Waals surface area (Å²) in [5, 5.41) is 17.0. The molecule has 25 heavy (non-hydrogen) atoms. The maximum absolute atomic E-state index is 12.5. The summed E-state index contributed by atoms with van der Waals surface area (Å²) in [4.78, 5) is 16.9. The molecule has 1 amide bonds. The van der Waals surface area contributed by atoms with E-state index in [4.69, 9.17) is 27.7 Å². The zero-order valence-corrected chi connectivity index (χ0v) is 15.4. The van der Waals surface area contributed by atoms with Crippen LogP contribution in [0.15, 0.2) is 16.7 Å². The maximum atomic E-state index is 12.5. The van der Waals surface area contributed by atoms with Gasteiger partial charge in [-0.15, -0.1) is 0 Å². The van der Waals surface area contributed by atoms with E-state index in [0.717, 1.165) is 12.8 Å². The molecule has 0 bridgehead atoms. The van der Waals surface area contributed by atoms with Crippen LogP contribution >= 0.6 is 23.2 Å². The lowest BCUT2D eigenvalue weighted by atomic mass is 10.0. The minimum atomic E-state index is -0.401. The van der Waals surface area contributed by atoms with E-state index in [-0.39, 0.29) is 29.0 Å². The highest BCUT2D eigenvalue weighted by Crippen LogP contribution is 2.39. The molecule has 1 aliphatic carbocycles. The van der Waals surface area contributed by atoms with Gasteiger partial charge in [-0.25, -0.2) is 0 Å². The lowest BCUT2D eigenvalue weighted by molar-refractivity contribution is -0.121. The molecular formula is C17H19Cl2N3O3. The monoisotopic (exact) mass is 383 g/mol. The van der Waals surface area contributed by atoms with E-state index in [1.807, 2.05) is 13.8 Å². The van der Waals surface area contributed by atoms with Gasteiger partial charge in [0.1, 0.15) is 11.8 Å². The molecule has 2 N–H and O–H groups in total. The molecule has 1 aromatic heterocycles. The van der Waals surface area contributed by atoms with Crippen LogP contribution < -0.4 is 5.32 Å². The van der Waals surface area contributed by atoms with Gasteiger partial charge < -0.3 is 14.9 Å². The summed E-state index contributed by atoms with van der Waals surface area (Å²) in [7, 11) is 0. The normalized spacial score (nSPS) is 15.4. The van der Waals surface area contributed by atoms with Crippen LogP contribution in [-0.2, 0) is 11.2 Å². The Labute approximate surface area is 155 Å². The van der Waals surface area contributed by atoms with Crippen molar-refractivity contribution in [2.24, 2.45) is 5.92 Å². The van der Waals surface area contributed by atoms with Gasteiger partial charge in [-0.05, 0) is 30.9 Å². The van der Waals surface area contributed by atoms with Crippen molar-refractivity contribution in [2.45, 2.75) is 45.1 Å². The molecule has 1 aromatic carbocycles. The molecule has 1 atom stereocenters. The van der Waals surface area contributed by atoms with Crippen LogP contribution in [0.5, 0.6) is 5.75 Å². The van der Waals surface area contributed by atoms with Gasteiger partial charge in [0.2, 0.25) is 11.8 Å². The molecule has 1 aliphatic rings. The number of rotatable bonds is 6. The number of phenols is 1. The summed E-state index contributed by atoms with van der Waals surface area (Å²) < 4.78 is 5.34. The van der Waals surface area contributed by atoms with Crippen LogP contribution in [0.1, 0.15) is 55.9 Å². The number of benzene rings is 1. The minimum Gasteiger partial charge on any atom is -0.506 e. The van der Waals surface area contributed by atoms with Crippen molar-refractivity contribution in [3.8, 4) is 5.75 Å². The van der Waals surface area contributed by atoms with Crippen LogP contribution in [0.25, 0.3) is 0 Å². The fourth-order valence-electron chi connectivity index (χ4n) is 2.53. The first-order valence-electron chi connectivity index (χ1n) is 8.15. The highest BCUT2D eigenvalue weighted by Gasteiger charge is 2.31. The quantitative estimate of drug-likeness (QED) is 0.786. The Bertz CT molecular complexity index is 787. The Morgan fingerprint density at radius 3 is 2.76 bits per heavy atom. The molecule has 0 spiro atoms. The number of nitrogens with one attached hydrogen (secondary N) is 1. The number of amides is 1. The first-order chi connectivity index (χ1) is 11.9. The third kappa shape index (κ3) is 4.07. The Balaban J connectivity index is 1.74. The number of carbonyl (C=O) groups excluding carboxylic acids is 1.